The van der Waals surface area contributed by atoms with Gasteiger partial charge in [-0.25, -0.2) is 4.79 Å². The summed E-state index contributed by atoms with van der Waals surface area (Å²) in [5, 5.41) is 22.7. The summed E-state index contributed by atoms with van der Waals surface area (Å²) >= 11 is 0. The van der Waals surface area contributed by atoms with Crippen molar-refractivity contribution in [3.05, 3.63) is 65.7 Å². The molecule has 7 nitrogen and oxygen atoms in total. The quantitative estimate of drug-likeness (QED) is 0.611. The first-order valence-electron chi connectivity index (χ1n) is 8.44. The van der Waals surface area contributed by atoms with E-state index in [1.54, 1.807) is 12.1 Å². The van der Waals surface area contributed by atoms with Gasteiger partial charge in [0.15, 0.2) is 5.78 Å². The van der Waals surface area contributed by atoms with E-state index in [4.69, 9.17) is 9.47 Å². The van der Waals surface area contributed by atoms with Gasteiger partial charge >= 0.3 is 6.09 Å². The minimum Gasteiger partial charge on any atom is -0.497 e. The Morgan fingerprint density at radius 1 is 1.04 bits per heavy atom. The molecule has 0 bridgehead atoms. The van der Waals surface area contributed by atoms with Crippen LogP contribution in [0.1, 0.15) is 22.8 Å². The van der Waals surface area contributed by atoms with Crippen LogP contribution in [0.2, 0.25) is 0 Å². The molecule has 0 aromatic heterocycles. The zero-order valence-corrected chi connectivity index (χ0v) is 15.2. The van der Waals surface area contributed by atoms with Crippen molar-refractivity contribution in [2.24, 2.45) is 0 Å². The van der Waals surface area contributed by atoms with Gasteiger partial charge in [0.05, 0.1) is 13.2 Å². The summed E-state index contributed by atoms with van der Waals surface area (Å²) in [6.07, 6.45) is -3.94. The van der Waals surface area contributed by atoms with Crippen LogP contribution in [0.5, 0.6) is 5.75 Å². The van der Waals surface area contributed by atoms with Crippen LogP contribution in [0.3, 0.4) is 0 Å². The van der Waals surface area contributed by atoms with E-state index < -0.39 is 30.1 Å². The van der Waals surface area contributed by atoms with Gasteiger partial charge in [0.25, 0.3) is 0 Å². The number of methoxy groups -OCH3 is 1. The van der Waals surface area contributed by atoms with Crippen LogP contribution in [-0.2, 0) is 11.3 Å². The summed E-state index contributed by atoms with van der Waals surface area (Å²) < 4.78 is 10.1. The van der Waals surface area contributed by atoms with E-state index in [1.807, 2.05) is 30.3 Å². The number of rotatable bonds is 8. The second-order valence-electron chi connectivity index (χ2n) is 6.02. The molecule has 2 aromatic carbocycles. The maximum Gasteiger partial charge on any atom is 0.407 e. The van der Waals surface area contributed by atoms with Gasteiger partial charge in [0.2, 0.25) is 0 Å². The topological polar surface area (TPSA) is 105 Å². The van der Waals surface area contributed by atoms with Gasteiger partial charge in [-0.15, -0.1) is 0 Å². The maximum atomic E-state index is 12.3. The van der Waals surface area contributed by atoms with Gasteiger partial charge in [0.1, 0.15) is 24.6 Å². The number of ether oxygens (including phenoxy) is 2. The van der Waals surface area contributed by atoms with Crippen LogP contribution in [0.15, 0.2) is 54.6 Å². The summed E-state index contributed by atoms with van der Waals surface area (Å²) in [6.45, 7) is 1.54. The molecule has 3 atom stereocenters. The Kier molecular flexibility index (Phi) is 7.34. The Hall–Kier alpha value is -2.90. The van der Waals surface area contributed by atoms with Crippen LogP contribution in [0, 0.1) is 0 Å². The molecule has 1 amide bonds. The van der Waals surface area contributed by atoms with Gasteiger partial charge in [-0.2, -0.15) is 0 Å². The van der Waals surface area contributed by atoms with E-state index in [0.29, 0.717) is 5.75 Å². The predicted octanol–water partition coefficient (Wildman–Crippen LogP) is 1.91. The number of alkyl carbamates (subject to hydrolysis) is 1. The molecule has 0 spiro atoms. The van der Waals surface area contributed by atoms with E-state index in [1.165, 1.54) is 26.2 Å². The fraction of sp³-hybridized carbons (Fsp3) is 0.300. The van der Waals surface area contributed by atoms with Gasteiger partial charge < -0.3 is 25.0 Å². The fourth-order valence-electron chi connectivity index (χ4n) is 2.39. The zero-order valence-electron chi connectivity index (χ0n) is 15.2. The van der Waals surface area contributed by atoms with E-state index in [2.05, 4.69) is 5.32 Å². The summed E-state index contributed by atoms with van der Waals surface area (Å²) in [7, 11) is 1.50. The summed E-state index contributed by atoms with van der Waals surface area (Å²) in [6, 6.07) is 14.4. The van der Waals surface area contributed by atoms with E-state index >= 15 is 0 Å². The van der Waals surface area contributed by atoms with Gasteiger partial charge in [0, 0.05) is 5.56 Å². The molecule has 3 N–H and O–H groups in total. The number of aliphatic hydroxyl groups excluding tert-OH is 2. The molecule has 0 saturated heterocycles. The highest BCUT2D eigenvalue weighted by Crippen LogP contribution is 2.15. The molecule has 7 heteroatoms. The number of aliphatic hydroxyl groups is 2. The maximum absolute atomic E-state index is 12.3. The third-order valence-electron chi connectivity index (χ3n) is 4.04. The summed E-state index contributed by atoms with van der Waals surface area (Å²) in [4.78, 5) is 24.1. The van der Waals surface area contributed by atoms with Crippen molar-refractivity contribution in [2.45, 2.75) is 31.8 Å². The number of benzene rings is 2. The SMILES string of the molecule is COc1ccc(C(=O)[C@@H](O)[C@H](O)[C@@H](C)NC(=O)OCc2ccccc2)cc1. The Morgan fingerprint density at radius 3 is 2.26 bits per heavy atom. The van der Waals surface area contributed by atoms with Gasteiger partial charge in [-0.3, -0.25) is 4.79 Å². The molecule has 0 aliphatic carbocycles. The first kappa shape index (κ1) is 20.4. The van der Waals surface area contributed by atoms with Crippen LogP contribution >= 0.6 is 0 Å². The van der Waals surface area contributed by atoms with Crippen molar-refractivity contribution in [3.8, 4) is 5.75 Å². The van der Waals surface area contributed by atoms with Gasteiger partial charge in [-0.05, 0) is 36.8 Å². The number of hydrogen-bond acceptors (Lipinski definition) is 6. The number of hydrogen-bond donors (Lipinski definition) is 3. The van der Waals surface area contributed by atoms with Crippen molar-refractivity contribution in [1.29, 1.82) is 0 Å². The number of nitrogens with one attached hydrogen (secondary N) is 1. The largest absolute Gasteiger partial charge is 0.497 e. The lowest BCUT2D eigenvalue weighted by Crippen LogP contribution is -2.49. The lowest BCUT2D eigenvalue weighted by Gasteiger charge is -2.23. The smallest absolute Gasteiger partial charge is 0.407 e. The fourth-order valence-corrected chi connectivity index (χ4v) is 2.39. The molecular weight excluding hydrogens is 350 g/mol. The molecule has 144 valence electrons. The van der Waals surface area contributed by atoms with Gasteiger partial charge in [-0.1, -0.05) is 30.3 Å². The first-order chi connectivity index (χ1) is 12.9. The lowest BCUT2D eigenvalue weighted by molar-refractivity contribution is 0.00603. The van der Waals surface area contributed by atoms with E-state index in [9.17, 15) is 19.8 Å². The van der Waals surface area contributed by atoms with E-state index in [0.717, 1.165) is 5.56 Å². The average molecular weight is 373 g/mol. The van der Waals surface area contributed by atoms with Crippen molar-refractivity contribution in [2.75, 3.05) is 7.11 Å². The van der Waals surface area contributed by atoms with Crippen LogP contribution in [0.25, 0.3) is 0 Å². The molecule has 0 aliphatic rings. The first-order valence-corrected chi connectivity index (χ1v) is 8.44. The third kappa shape index (κ3) is 5.80. The van der Waals surface area contributed by atoms with Crippen molar-refractivity contribution in [1.82, 2.24) is 5.32 Å². The molecule has 0 heterocycles. The number of carbonyl (C=O) groups is 2. The zero-order chi connectivity index (χ0) is 19.8. The number of carbonyl (C=O) groups excluding carboxylic acids is 2. The molecule has 2 aromatic rings. The average Bonchev–Trinajstić information content (AvgIpc) is 2.71. The standard InChI is InChI=1S/C20H23NO6/c1-13(21-20(25)27-12-14-6-4-3-5-7-14)17(22)19(24)18(23)15-8-10-16(26-2)11-9-15/h3-11,13,17,19,22,24H,12H2,1-2H3,(H,21,25)/t13-,17-,19+/m1/s1. The molecule has 0 radical (unpaired) electrons. The molecule has 0 saturated carbocycles. The molecule has 0 fully saturated rings. The lowest BCUT2D eigenvalue weighted by atomic mass is 9.98. The highest BCUT2D eigenvalue weighted by Gasteiger charge is 2.30. The molecule has 0 unspecified atom stereocenters. The number of ketones is 1. The molecule has 2 rings (SSSR count). The highest BCUT2D eigenvalue weighted by atomic mass is 16.5. The second kappa shape index (κ2) is 9.70. The Bertz CT molecular complexity index is 747. The minimum absolute atomic E-state index is 0.0722. The highest BCUT2D eigenvalue weighted by molar-refractivity contribution is 5.99. The monoisotopic (exact) mass is 373 g/mol. The second-order valence-corrected chi connectivity index (χ2v) is 6.02. The Labute approximate surface area is 157 Å². The Balaban J connectivity index is 1.87. The normalized spacial score (nSPS) is 13.9. The van der Waals surface area contributed by atoms with Crippen LogP contribution in [-0.4, -0.2) is 47.4 Å². The Morgan fingerprint density at radius 2 is 1.67 bits per heavy atom. The van der Waals surface area contributed by atoms with Crippen LogP contribution in [0.4, 0.5) is 4.79 Å². The summed E-state index contributed by atoms with van der Waals surface area (Å²) in [5.41, 5.74) is 1.04. The molecule has 0 aliphatic heterocycles. The third-order valence-corrected chi connectivity index (χ3v) is 4.04. The van der Waals surface area contributed by atoms with Crippen LogP contribution < -0.4 is 10.1 Å². The summed E-state index contributed by atoms with van der Waals surface area (Å²) in [5.74, 6) is -0.0887. The van der Waals surface area contributed by atoms with Crippen molar-refractivity contribution >= 4 is 11.9 Å². The number of amides is 1. The predicted molar refractivity (Wildman–Crippen MR) is 98.6 cm³/mol. The minimum atomic E-state index is -1.69. The molecule has 27 heavy (non-hydrogen) atoms. The van der Waals surface area contributed by atoms with E-state index in [-0.39, 0.29) is 12.2 Å². The number of Topliss-reactive ketones (excluding diaryl/α,β-unsaturated/α-hetero) is 1. The molecular formula is C20H23NO6. The van der Waals surface area contributed by atoms with Crippen molar-refractivity contribution < 1.29 is 29.3 Å². The van der Waals surface area contributed by atoms with Crippen molar-refractivity contribution in [3.63, 3.8) is 0 Å².